The van der Waals surface area contributed by atoms with Crippen LogP contribution in [-0.4, -0.2) is 24.9 Å². The van der Waals surface area contributed by atoms with E-state index >= 15 is 0 Å². The summed E-state index contributed by atoms with van der Waals surface area (Å²) in [6.45, 7) is -0.265. The van der Waals surface area contributed by atoms with Gasteiger partial charge in [0.25, 0.3) is 0 Å². The molecule has 0 fully saturated rings. The Morgan fingerprint density at radius 2 is 2.19 bits per heavy atom. The molecule has 86 valence electrons. The minimum absolute atomic E-state index is 0.126. The van der Waals surface area contributed by atoms with E-state index < -0.39 is 10.8 Å². The molecule has 1 atom stereocenters. The van der Waals surface area contributed by atoms with Crippen LogP contribution in [0.1, 0.15) is 17.9 Å². The Morgan fingerprint density at radius 1 is 1.50 bits per heavy atom. The molecule has 0 amide bonds. The molecule has 5 heteroatoms. The quantitative estimate of drug-likeness (QED) is 0.417. The molecule has 0 aliphatic heterocycles. The zero-order valence-electron chi connectivity index (χ0n) is 8.96. The van der Waals surface area contributed by atoms with Gasteiger partial charge in [0, 0.05) is 16.9 Å². The first-order valence-electron chi connectivity index (χ1n) is 4.87. The van der Waals surface area contributed by atoms with Crippen molar-refractivity contribution in [2.75, 3.05) is 13.7 Å². The van der Waals surface area contributed by atoms with E-state index in [2.05, 4.69) is 0 Å². The minimum atomic E-state index is -0.427. The van der Waals surface area contributed by atoms with Gasteiger partial charge in [0.2, 0.25) is 6.54 Å². The Balaban J connectivity index is 2.99. The van der Waals surface area contributed by atoms with Crippen LogP contribution in [0.2, 0.25) is 0 Å². The van der Waals surface area contributed by atoms with Gasteiger partial charge in [-0.15, -0.1) is 0 Å². The average molecular weight is 223 g/mol. The molecule has 0 aliphatic carbocycles. The number of methoxy groups -OCH3 is 1. The number of carbonyl (C=O) groups excluding carboxylic acids is 1. The molecule has 0 spiro atoms. The van der Waals surface area contributed by atoms with Crippen LogP contribution < -0.4 is 4.74 Å². The Labute approximate surface area is 93.2 Å². The van der Waals surface area contributed by atoms with Gasteiger partial charge in [-0.05, 0) is 6.07 Å². The van der Waals surface area contributed by atoms with Gasteiger partial charge in [-0.1, -0.05) is 18.2 Å². The lowest BCUT2D eigenvalue weighted by Gasteiger charge is -2.13. The summed E-state index contributed by atoms with van der Waals surface area (Å²) in [6.07, 6.45) is 0.821. The number of rotatable bonds is 6. The molecule has 16 heavy (non-hydrogen) atoms. The van der Waals surface area contributed by atoms with Crippen molar-refractivity contribution in [1.29, 1.82) is 0 Å². The maximum Gasteiger partial charge on any atom is 0.211 e. The molecule has 0 unspecified atom stereocenters. The van der Waals surface area contributed by atoms with E-state index in [1.165, 1.54) is 7.11 Å². The van der Waals surface area contributed by atoms with Crippen molar-refractivity contribution < 1.29 is 14.5 Å². The number of ether oxygens (including phenoxy) is 1. The molecule has 5 nitrogen and oxygen atoms in total. The lowest BCUT2D eigenvalue weighted by Crippen LogP contribution is -2.14. The molecule has 0 aromatic heterocycles. The fourth-order valence-electron chi connectivity index (χ4n) is 1.60. The van der Waals surface area contributed by atoms with Crippen LogP contribution in [0.3, 0.4) is 0 Å². The molecular weight excluding hydrogens is 210 g/mol. The maximum absolute atomic E-state index is 10.5. The molecule has 0 saturated heterocycles. The smallest absolute Gasteiger partial charge is 0.211 e. The van der Waals surface area contributed by atoms with Crippen LogP contribution in [0.15, 0.2) is 24.3 Å². The van der Waals surface area contributed by atoms with Crippen molar-refractivity contribution in [3.05, 3.63) is 39.9 Å². The summed E-state index contributed by atoms with van der Waals surface area (Å²) in [6, 6.07) is 7.03. The highest BCUT2D eigenvalue weighted by Crippen LogP contribution is 2.28. The number of nitro groups is 1. The topological polar surface area (TPSA) is 69.4 Å². The van der Waals surface area contributed by atoms with Crippen molar-refractivity contribution in [2.24, 2.45) is 0 Å². The van der Waals surface area contributed by atoms with Gasteiger partial charge < -0.3 is 9.53 Å². The van der Waals surface area contributed by atoms with E-state index in [1.807, 2.05) is 0 Å². The lowest BCUT2D eigenvalue weighted by molar-refractivity contribution is -0.483. The van der Waals surface area contributed by atoms with Crippen molar-refractivity contribution in [2.45, 2.75) is 12.3 Å². The zero-order valence-corrected chi connectivity index (χ0v) is 8.96. The van der Waals surface area contributed by atoms with E-state index in [9.17, 15) is 14.9 Å². The average Bonchev–Trinajstić information content (AvgIpc) is 2.28. The molecule has 1 aromatic carbocycles. The third kappa shape index (κ3) is 3.05. The van der Waals surface area contributed by atoms with E-state index in [1.54, 1.807) is 24.3 Å². The molecular formula is C11H13NO4. The normalized spacial score (nSPS) is 11.8. The number of hydrogen-bond acceptors (Lipinski definition) is 4. The molecule has 1 aromatic rings. The number of carbonyl (C=O) groups is 1. The van der Waals surface area contributed by atoms with Crippen molar-refractivity contribution in [3.8, 4) is 5.75 Å². The van der Waals surface area contributed by atoms with Crippen LogP contribution in [0.25, 0.3) is 0 Å². The summed E-state index contributed by atoms with van der Waals surface area (Å²) < 4.78 is 5.12. The Kier molecular flexibility index (Phi) is 4.44. The Morgan fingerprint density at radius 3 is 2.75 bits per heavy atom. The van der Waals surface area contributed by atoms with Crippen molar-refractivity contribution in [1.82, 2.24) is 0 Å². The predicted molar refractivity (Wildman–Crippen MR) is 58.3 cm³/mol. The fourth-order valence-corrected chi connectivity index (χ4v) is 1.60. The van der Waals surface area contributed by atoms with Gasteiger partial charge in [0.05, 0.1) is 13.0 Å². The molecule has 0 saturated carbocycles. The van der Waals surface area contributed by atoms with Crippen LogP contribution in [0.4, 0.5) is 0 Å². The number of para-hydroxylation sites is 1. The number of aldehydes is 1. The molecule has 0 N–H and O–H groups in total. The van der Waals surface area contributed by atoms with Gasteiger partial charge in [-0.25, -0.2) is 0 Å². The first-order chi connectivity index (χ1) is 7.69. The van der Waals surface area contributed by atoms with E-state index in [4.69, 9.17) is 4.74 Å². The minimum Gasteiger partial charge on any atom is -0.496 e. The third-order valence-corrected chi connectivity index (χ3v) is 2.33. The van der Waals surface area contributed by atoms with Gasteiger partial charge in [-0.3, -0.25) is 10.1 Å². The van der Waals surface area contributed by atoms with E-state index in [-0.39, 0.29) is 13.0 Å². The predicted octanol–water partition coefficient (Wildman–Crippen LogP) is 1.64. The molecule has 0 heterocycles. The second kappa shape index (κ2) is 5.85. The number of nitrogens with zero attached hydrogens (tertiary/aromatic N) is 1. The first kappa shape index (κ1) is 12.2. The van der Waals surface area contributed by atoms with Crippen molar-refractivity contribution in [3.63, 3.8) is 0 Å². The monoisotopic (exact) mass is 223 g/mol. The highest BCUT2D eigenvalue weighted by atomic mass is 16.6. The standard InChI is InChI=1S/C11H13NO4/c1-16-11-5-3-2-4-10(11)9(6-7-13)8-12(14)15/h2-5,7,9H,6,8H2,1H3/t9-/m1/s1. The molecule has 1 rings (SSSR count). The molecule has 0 bridgehead atoms. The summed E-state index contributed by atoms with van der Waals surface area (Å²) in [5.41, 5.74) is 0.703. The maximum atomic E-state index is 10.5. The van der Waals surface area contributed by atoms with Crippen LogP contribution in [0.5, 0.6) is 5.75 Å². The Hall–Kier alpha value is -1.91. The van der Waals surface area contributed by atoms with Crippen molar-refractivity contribution >= 4 is 6.29 Å². The van der Waals surface area contributed by atoms with Crippen LogP contribution in [0, 0.1) is 10.1 Å². The number of hydrogen-bond donors (Lipinski definition) is 0. The number of benzene rings is 1. The summed E-state index contributed by atoms with van der Waals surface area (Å²) in [4.78, 5) is 20.6. The zero-order chi connectivity index (χ0) is 12.0. The summed E-state index contributed by atoms with van der Waals surface area (Å²) >= 11 is 0. The second-order valence-corrected chi connectivity index (χ2v) is 3.36. The summed E-state index contributed by atoms with van der Waals surface area (Å²) in [5, 5.41) is 10.5. The summed E-state index contributed by atoms with van der Waals surface area (Å²) in [7, 11) is 1.50. The largest absolute Gasteiger partial charge is 0.496 e. The van der Waals surface area contributed by atoms with Crippen LogP contribution in [-0.2, 0) is 4.79 Å². The third-order valence-electron chi connectivity index (χ3n) is 2.33. The molecule has 0 radical (unpaired) electrons. The van der Waals surface area contributed by atoms with E-state index in [0.717, 1.165) is 0 Å². The fraction of sp³-hybridized carbons (Fsp3) is 0.364. The highest BCUT2D eigenvalue weighted by Gasteiger charge is 2.20. The second-order valence-electron chi connectivity index (χ2n) is 3.36. The van der Waals surface area contributed by atoms with Gasteiger partial charge in [0.1, 0.15) is 12.0 Å². The van der Waals surface area contributed by atoms with Gasteiger partial charge >= 0.3 is 0 Å². The SMILES string of the molecule is COc1ccccc1[C@H](CC=O)C[N+](=O)[O-]. The Bertz CT molecular complexity index is 378. The van der Waals surface area contributed by atoms with Crippen LogP contribution >= 0.6 is 0 Å². The first-order valence-corrected chi connectivity index (χ1v) is 4.87. The lowest BCUT2D eigenvalue weighted by atomic mass is 9.95. The van der Waals surface area contributed by atoms with Gasteiger partial charge in [-0.2, -0.15) is 0 Å². The summed E-state index contributed by atoms with van der Waals surface area (Å²) in [5.74, 6) is 0.153. The van der Waals surface area contributed by atoms with Gasteiger partial charge in [0.15, 0.2) is 0 Å². The molecule has 0 aliphatic rings. The van der Waals surface area contributed by atoms with E-state index in [0.29, 0.717) is 17.6 Å². The highest BCUT2D eigenvalue weighted by molar-refractivity contribution is 5.53.